The minimum Gasteiger partial charge on any atom is -0.399 e. The van der Waals surface area contributed by atoms with Gasteiger partial charge in [-0.25, -0.2) is 0 Å². The molecule has 15 heavy (non-hydrogen) atoms. The fourth-order valence-corrected chi connectivity index (χ4v) is 1.35. The fourth-order valence-electron chi connectivity index (χ4n) is 1.35. The monoisotopic (exact) mass is 201 g/mol. The number of anilines is 1. The molecule has 0 atom stereocenters. The second-order valence-corrected chi connectivity index (χ2v) is 3.38. The lowest BCUT2D eigenvalue weighted by atomic mass is 10.3. The van der Waals surface area contributed by atoms with Gasteiger partial charge in [-0.3, -0.25) is 4.79 Å². The van der Waals surface area contributed by atoms with E-state index in [2.05, 4.69) is 5.10 Å². The molecule has 0 saturated carbocycles. The maximum Gasteiger partial charge on any atom is 0.271 e. The van der Waals surface area contributed by atoms with Crippen molar-refractivity contribution in [1.82, 2.24) is 9.78 Å². The first-order valence-corrected chi connectivity index (χ1v) is 4.59. The maximum atomic E-state index is 11.6. The molecule has 2 aromatic rings. The highest BCUT2D eigenvalue weighted by Crippen LogP contribution is 2.08. The summed E-state index contributed by atoms with van der Waals surface area (Å²) in [5.74, 6) is 0. The molecule has 0 unspecified atom stereocenters. The molecule has 1 heterocycles. The number of benzene rings is 1. The lowest BCUT2D eigenvalue weighted by molar-refractivity contribution is 0.801. The third-order valence-electron chi connectivity index (χ3n) is 2.05. The van der Waals surface area contributed by atoms with Crippen molar-refractivity contribution in [2.24, 2.45) is 0 Å². The van der Waals surface area contributed by atoms with Crippen molar-refractivity contribution < 1.29 is 0 Å². The van der Waals surface area contributed by atoms with Gasteiger partial charge in [0.05, 0.1) is 11.9 Å². The smallest absolute Gasteiger partial charge is 0.271 e. The zero-order valence-electron chi connectivity index (χ0n) is 8.34. The van der Waals surface area contributed by atoms with Crippen LogP contribution in [0.15, 0.2) is 41.3 Å². The van der Waals surface area contributed by atoms with Gasteiger partial charge in [0.1, 0.15) is 0 Å². The molecule has 0 fully saturated rings. The van der Waals surface area contributed by atoms with Crippen molar-refractivity contribution in [2.75, 3.05) is 5.73 Å². The normalized spacial score (nSPS) is 10.2. The van der Waals surface area contributed by atoms with Crippen molar-refractivity contribution >= 4 is 5.69 Å². The molecule has 0 aliphatic carbocycles. The molecule has 1 aromatic carbocycles. The molecule has 4 nitrogen and oxygen atoms in total. The Morgan fingerprint density at radius 3 is 2.80 bits per heavy atom. The Morgan fingerprint density at radius 1 is 1.33 bits per heavy atom. The fraction of sp³-hybridized carbons (Fsp3) is 0.0909. The van der Waals surface area contributed by atoms with Crippen molar-refractivity contribution in [3.05, 3.63) is 52.4 Å². The van der Waals surface area contributed by atoms with Gasteiger partial charge in [0.2, 0.25) is 0 Å². The SMILES string of the molecule is Cc1cnn(-c2cccc(N)c2)c(=O)c1. The third kappa shape index (κ3) is 1.88. The lowest BCUT2D eigenvalue weighted by Crippen LogP contribution is -2.20. The van der Waals surface area contributed by atoms with Crippen LogP contribution < -0.4 is 11.3 Å². The molecule has 0 spiro atoms. The Kier molecular flexibility index (Phi) is 2.25. The summed E-state index contributed by atoms with van der Waals surface area (Å²) in [4.78, 5) is 11.6. The Hall–Kier alpha value is -2.10. The summed E-state index contributed by atoms with van der Waals surface area (Å²) in [6.45, 7) is 1.83. The predicted octanol–water partition coefficient (Wildman–Crippen LogP) is 1.12. The summed E-state index contributed by atoms with van der Waals surface area (Å²) >= 11 is 0. The summed E-state index contributed by atoms with van der Waals surface area (Å²) in [6, 6.07) is 8.60. The number of aryl methyl sites for hydroxylation is 1. The quantitative estimate of drug-likeness (QED) is 0.703. The van der Waals surface area contributed by atoms with Gasteiger partial charge in [0, 0.05) is 11.8 Å². The molecular formula is C11H11N3O. The van der Waals surface area contributed by atoms with Crippen LogP contribution in [0.2, 0.25) is 0 Å². The number of hydrogen-bond acceptors (Lipinski definition) is 3. The molecule has 0 radical (unpaired) electrons. The molecule has 0 amide bonds. The van der Waals surface area contributed by atoms with Gasteiger partial charge in [-0.1, -0.05) is 6.07 Å². The maximum absolute atomic E-state index is 11.6. The van der Waals surface area contributed by atoms with Crippen LogP contribution in [-0.4, -0.2) is 9.78 Å². The molecule has 4 heteroatoms. The van der Waals surface area contributed by atoms with Crippen LogP contribution in [0.4, 0.5) is 5.69 Å². The van der Waals surface area contributed by atoms with Gasteiger partial charge >= 0.3 is 0 Å². The van der Waals surface area contributed by atoms with Gasteiger partial charge < -0.3 is 5.73 Å². The molecule has 1 aromatic heterocycles. The Bertz CT molecular complexity index is 546. The number of aromatic nitrogens is 2. The third-order valence-corrected chi connectivity index (χ3v) is 2.05. The van der Waals surface area contributed by atoms with Crippen LogP contribution in [-0.2, 0) is 0 Å². The van der Waals surface area contributed by atoms with Crippen molar-refractivity contribution in [2.45, 2.75) is 6.92 Å². The van der Waals surface area contributed by atoms with Crippen LogP contribution >= 0.6 is 0 Å². The number of nitrogen functional groups attached to an aromatic ring is 1. The van der Waals surface area contributed by atoms with E-state index in [1.165, 1.54) is 10.7 Å². The number of rotatable bonds is 1. The largest absolute Gasteiger partial charge is 0.399 e. The molecule has 76 valence electrons. The molecule has 0 saturated heterocycles. The van der Waals surface area contributed by atoms with Crippen molar-refractivity contribution in [1.29, 1.82) is 0 Å². The Balaban J connectivity index is 2.59. The van der Waals surface area contributed by atoms with E-state index in [1.54, 1.807) is 30.5 Å². The lowest BCUT2D eigenvalue weighted by Gasteiger charge is -2.04. The van der Waals surface area contributed by atoms with Crippen molar-refractivity contribution in [3.8, 4) is 5.69 Å². The Labute approximate surface area is 87.0 Å². The van der Waals surface area contributed by atoms with Gasteiger partial charge in [-0.05, 0) is 30.7 Å². The summed E-state index contributed by atoms with van der Waals surface area (Å²) in [5.41, 5.74) is 7.62. The van der Waals surface area contributed by atoms with Crippen LogP contribution in [0, 0.1) is 6.92 Å². The van der Waals surface area contributed by atoms with Gasteiger partial charge in [-0.2, -0.15) is 9.78 Å². The van der Waals surface area contributed by atoms with Crippen LogP contribution in [0.5, 0.6) is 0 Å². The minimum atomic E-state index is -0.152. The molecule has 0 bridgehead atoms. The zero-order valence-corrected chi connectivity index (χ0v) is 8.34. The van der Waals surface area contributed by atoms with E-state index in [-0.39, 0.29) is 5.56 Å². The average Bonchev–Trinajstić information content (AvgIpc) is 2.17. The Morgan fingerprint density at radius 2 is 2.13 bits per heavy atom. The van der Waals surface area contributed by atoms with E-state index in [0.29, 0.717) is 11.4 Å². The zero-order chi connectivity index (χ0) is 10.8. The van der Waals surface area contributed by atoms with E-state index in [9.17, 15) is 4.79 Å². The van der Waals surface area contributed by atoms with E-state index in [0.717, 1.165) is 5.56 Å². The van der Waals surface area contributed by atoms with E-state index in [1.807, 2.05) is 6.92 Å². The number of nitrogens with two attached hydrogens (primary N) is 1. The summed E-state index contributed by atoms with van der Waals surface area (Å²) in [5, 5.41) is 4.04. The van der Waals surface area contributed by atoms with Crippen molar-refractivity contribution in [3.63, 3.8) is 0 Å². The topological polar surface area (TPSA) is 60.9 Å². The first kappa shape index (κ1) is 9.45. The average molecular weight is 201 g/mol. The van der Waals surface area contributed by atoms with Crippen LogP contribution in [0.1, 0.15) is 5.56 Å². The molecular weight excluding hydrogens is 190 g/mol. The number of nitrogens with zero attached hydrogens (tertiary/aromatic N) is 2. The van der Waals surface area contributed by atoms with Crippen LogP contribution in [0.25, 0.3) is 5.69 Å². The molecule has 0 aliphatic heterocycles. The van der Waals surface area contributed by atoms with Gasteiger partial charge in [-0.15, -0.1) is 0 Å². The highest BCUT2D eigenvalue weighted by Gasteiger charge is 2.00. The van der Waals surface area contributed by atoms with Gasteiger partial charge in [0.15, 0.2) is 0 Å². The summed E-state index contributed by atoms with van der Waals surface area (Å²) in [6.07, 6.45) is 1.64. The second-order valence-electron chi connectivity index (χ2n) is 3.38. The summed E-state index contributed by atoms with van der Waals surface area (Å²) in [7, 11) is 0. The van der Waals surface area contributed by atoms with E-state index < -0.39 is 0 Å². The highest BCUT2D eigenvalue weighted by atomic mass is 16.1. The molecule has 2 rings (SSSR count). The first-order valence-electron chi connectivity index (χ1n) is 4.59. The molecule has 2 N–H and O–H groups in total. The summed E-state index contributed by atoms with van der Waals surface area (Å²) < 4.78 is 1.32. The van der Waals surface area contributed by atoms with Crippen LogP contribution in [0.3, 0.4) is 0 Å². The van der Waals surface area contributed by atoms with Gasteiger partial charge in [0.25, 0.3) is 5.56 Å². The second kappa shape index (κ2) is 3.57. The standard InChI is InChI=1S/C11H11N3O/c1-8-5-11(15)14(13-7-8)10-4-2-3-9(12)6-10/h2-7H,12H2,1H3. The highest BCUT2D eigenvalue weighted by molar-refractivity contribution is 5.46. The first-order chi connectivity index (χ1) is 7.16. The number of hydrogen-bond donors (Lipinski definition) is 1. The van der Waals surface area contributed by atoms with E-state index in [4.69, 9.17) is 5.73 Å². The molecule has 0 aliphatic rings. The minimum absolute atomic E-state index is 0.152. The van der Waals surface area contributed by atoms with E-state index >= 15 is 0 Å². The predicted molar refractivity (Wildman–Crippen MR) is 59.0 cm³/mol.